The molecule has 0 aliphatic heterocycles. The number of thiophene rings is 1. The molecule has 9 aromatic rings. The van der Waals surface area contributed by atoms with E-state index in [1.165, 1.54) is 58.7 Å². The van der Waals surface area contributed by atoms with E-state index in [9.17, 15) is 0 Å². The van der Waals surface area contributed by atoms with Crippen molar-refractivity contribution >= 4 is 53.3 Å². The van der Waals surface area contributed by atoms with E-state index in [2.05, 4.69) is 158 Å². The lowest BCUT2D eigenvalue weighted by molar-refractivity contribution is 0.658. The SMILES string of the molecule is CC1(C)c2ccccc2-c2nc(-c3ccc(-n4c5ccccc5c5cc6sc7ccccc7c6cc54)cc3)nc(-c3ccccc3)c21. The Labute approximate surface area is 276 Å². The number of rotatable bonds is 3. The van der Waals surface area contributed by atoms with Gasteiger partial charge < -0.3 is 4.57 Å². The van der Waals surface area contributed by atoms with E-state index in [4.69, 9.17) is 9.97 Å². The predicted octanol–water partition coefficient (Wildman–Crippen LogP) is 11.6. The first-order chi connectivity index (χ1) is 23.1. The summed E-state index contributed by atoms with van der Waals surface area (Å²) in [5, 5.41) is 5.16. The van der Waals surface area contributed by atoms with E-state index >= 15 is 0 Å². The Morgan fingerprint density at radius 2 is 1.23 bits per heavy atom. The quantitative estimate of drug-likeness (QED) is 0.197. The van der Waals surface area contributed by atoms with Crippen molar-refractivity contribution < 1.29 is 0 Å². The summed E-state index contributed by atoms with van der Waals surface area (Å²) in [6.45, 7) is 4.58. The predicted molar refractivity (Wildman–Crippen MR) is 198 cm³/mol. The number of hydrogen-bond donors (Lipinski definition) is 0. The van der Waals surface area contributed by atoms with Crippen LogP contribution in [0.5, 0.6) is 0 Å². The summed E-state index contributed by atoms with van der Waals surface area (Å²) < 4.78 is 5.05. The molecule has 1 aliphatic carbocycles. The molecule has 47 heavy (non-hydrogen) atoms. The zero-order valence-electron chi connectivity index (χ0n) is 26.0. The second-order valence-electron chi connectivity index (χ2n) is 13.0. The smallest absolute Gasteiger partial charge is 0.160 e. The van der Waals surface area contributed by atoms with Gasteiger partial charge in [0.2, 0.25) is 0 Å². The second kappa shape index (κ2) is 9.71. The fourth-order valence-corrected chi connectivity index (χ4v) is 8.90. The molecule has 0 spiro atoms. The van der Waals surface area contributed by atoms with Gasteiger partial charge in [-0.25, -0.2) is 9.97 Å². The molecule has 0 amide bonds. The summed E-state index contributed by atoms with van der Waals surface area (Å²) >= 11 is 1.87. The topological polar surface area (TPSA) is 30.7 Å². The van der Waals surface area contributed by atoms with E-state index in [0.717, 1.165) is 34.0 Å². The van der Waals surface area contributed by atoms with Crippen LogP contribution in [-0.2, 0) is 5.41 Å². The lowest BCUT2D eigenvalue weighted by Gasteiger charge is -2.23. The highest BCUT2D eigenvalue weighted by atomic mass is 32.1. The van der Waals surface area contributed by atoms with Crippen LogP contribution >= 0.6 is 11.3 Å². The maximum absolute atomic E-state index is 5.30. The summed E-state index contributed by atoms with van der Waals surface area (Å²) in [5.74, 6) is 0.746. The van der Waals surface area contributed by atoms with Crippen LogP contribution in [0, 0.1) is 0 Å². The number of nitrogens with zero attached hydrogens (tertiary/aromatic N) is 3. The third-order valence-corrected chi connectivity index (χ3v) is 11.1. The highest BCUT2D eigenvalue weighted by Crippen LogP contribution is 2.51. The van der Waals surface area contributed by atoms with Crippen LogP contribution < -0.4 is 0 Å². The molecule has 0 fully saturated rings. The average molecular weight is 620 g/mol. The molecule has 222 valence electrons. The minimum absolute atomic E-state index is 0.199. The minimum atomic E-state index is -0.199. The van der Waals surface area contributed by atoms with Crippen molar-refractivity contribution in [3.63, 3.8) is 0 Å². The molecule has 0 saturated heterocycles. The van der Waals surface area contributed by atoms with Crippen molar-refractivity contribution in [3.8, 4) is 39.6 Å². The van der Waals surface area contributed by atoms with Gasteiger partial charge >= 0.3 is 0 Å². The highest BCUT2D eigenvalue weighted by molar-refractivity contribution is 7.25. The highest BCUT2D eigenvalue weighted by Gasteiger charge is 2.39. The van der Waals surface area contributed by atoms with Gasteiger partial charge in [-0.2, -0.15) is 0 Å². The van der Waals surface area contributed by atoms with Gasteiger partial charge in [-0.05, 0) is 54.1 Å². The maximum Gasteiger partial charge on any atom is 0.160 e. The van der Waals surface area contributed by atoms with E-state index < -0.39 is 0 Å². The number of hydrogen-bond acceptors (Lipinski definition) is 3. The molecule has 3 aromatic heterocycles. The Hall–Kier alpha value is -5.58. The van der Waals surface area contributed by atoms with Gasteiger partial charge in [-0.3, -0.25) is 0 Å². The Kier molecular flexibility index (Phi) is 5.50. The number of aromatic nitrogens is 3. The van der Waals surface area contributed by atoms with Crippen LogP contribution in [0.25, 0.3) is 81.6 Å². The average Bonchev–Trinajstić information content (AvgIpc) is 3.72. The Morgan fingerprint density at radius 1 is 0.532 bits per heavy atom. The van der Waals surface area contributed by atoms with Crippen molar-refractivity contribution in [1.29, 1.82) is 0 Å². The zero-order valence-corrected chi connectivity index (χ0v) is 26.8. The molecule has 0 N–H and O–H groups in total. The second-order valence-corrected chi connectivity index (χ2v) is 14.1. The molecule has 0 unspecified atom stereocenters. The molecular formula is C43H29N3S. The molecule has 3 nitrogen and oxygen atoms in total. The maximum atomic E-state index is 5.30. The van der Waals surface area contributed by atoms with E-state index in [0.29, 0.717) is 0 Å². The summed E-state index contributed by atoms with van der Waals surface area (Å²) in [7, 11) is 0. The molecule has 0 radical (unpaired) electrons. The summed E-state index contributed by atoms with van der Waals surface area (Å²) in [6, 6.07) is 50.2. The lowest BCUT2D eigenvalue weighted by atomic mass is 9.81. The van der Waals surface area contributed by atoms with Crippen molar-refractivity contribution in [2.24, 2.45) is 0 Å². The van der Waals surface area contributed by atoms with Gasteiger partial charge in [0.1, 0.15) is 0 Å². The molecule has 10 rings (SSSR count). The molecule has 0 atom stereocenters. The number of fused-ring (bicyclic) bond motifs is 9. The third-order valence-electron chi connectivity index (χ3n) is 9.99. The van der Waals surface area contributed by atoms with E-state index in [1.54, 1.807) is 0 Å². The first kappa shape index (κ1) is 26.6. The van der Waals surface area contributed by atoms with Crippen LogP contribution in [0.3, 0.4) is 0 Å². The number of para-hydroxylation sites is 1. The van der Waals surface area contributed by atoms with E-state index in [-0.39, 0.29) is 5.41 Å². The van der Waals surface area contributed by atoms with Crippen molar-refractivity contribution in [2.45, 2.75) is 19.3 Å². The normalized spacial score (nSPS) is 13.5. The fraction of sp³-hybridized carbons (Fsp3) is 0.0698. The van der Waals surface area contributed by atoms with Crippen molar-refractivity contribution in [1.82, 2.24) is 14.5 Å². The molecule has 0 saturated carbocycles. The van der Waals surface area contributed by atoms with Gasteiger partial charge in [0, 0.05) is 64.3 Å². The number of benzene rings is 6. The first-order valence-electron chi connectivity index (χ1n) is 16.1. The van der Waals surface area contributed by atoms with Gasteiger partial charge in [-0.1, -0.05) is 105 Å². The molecule has 4 heteroatoms. The lowest BCUT2D eigenvalue weighted by Crippen LogP contribution is -2.17. The molecule has 6 aromatic carbocycles. The third kappa shape index (κ3) is 3.79. The van der Waals surface area contributed by atoms with Crippen molar-refractivity contribution in [2.75, 3.05) is 0 Å². The van der Waals surface area contributed by atoms with Crippen molar-refractivity contribution in [3.05, 3.63) is 151 Å². The van der Waals surface area contributed by atoms with Gasteiger partial charge in [-0.15, -0.1) is 11.3 Å². The molecule has 1 aliphatic rings. The van der Waals surface area contributed by atoms with Crippen LogP contribution in [0.1, 0.15) is 25.0 Å². The largest absolute Gasteiger partial charge is 0.309 e. The van der Waals surface area contributed by atoms with Gasteiger partial charge in [0.05, 0.1) is 22.4 Å². The van der Waals surface area contributed by atoms with E-state index in [1.807, 2.05) is 11.3 Å². The monoisotopic (exact) mass is 619 g/mol. The fourth-order valence-electron chi connectivity index (χ4n) is 7.78. The standard InChI is InChI=1S/C43H29N3S/c1-43(2)34-17-9-6-16-31(34)41-39(43)40(26-12-4-3-5-13-26)44-42(45-41)27-20-22-28(23-21-27)46-35-18-10-7-14-29(35)32-25-38-33(24-36(32)46)30-15-8-11-19-37(30)47-38/h3-25H,1-2H3. The molecule has 3 heterocycles. The van der Waals surface area contributed by atoms with Crippen LogP contribution in [0.4, 0.5) is 0 Å². The summed E-state index contributed by atoms with van der Waals surface area (Å²) in [4.78, 5) is 10.6. The molecule has 0 bridgehead atoms. The van der Waals surface area contributed by atoms with Gasteiger partial charge in [0.25, 0.3) is 0 Å². The Morgan fingerprint density at radius 3 is 2.09 bits per heavy atom. The Balaban J connectivity index is 1.17. The van der Waals surface area contributed by atoms with Gasteiger partial charge in [0.15, 0.2) is 5.82 Å². The van der Waals surface area contributed by atoms with Crippen LogP contribution in [-0.4, -0.2) is 14.5 Å². The van der Waals surface area contributed by atoms with Crippen LogP contribution in [0.15, 0.2) is 140 Å². The van der Waals surface area contributed by atoms with Crippen LogP contribution in [0.2, 0.25) is 0 Å². The Bertz CT molecular complexity index is 2700. The minimum Gasteiger partial charge on any atom is -0.309 e. The molecular weight excluding hydrogens is 591 g/mol. The summed E-state index contributed by atoms with van der Waals surface area (Å²) in [6.07, 6.45) is 0. The first-order valence-corrected chi connectivity index (χ1v) is 16.9. The zero-order chi connectivity index (χ0) is 31.3. The summed E-state index contributed by atoms with van der Waals surface area (Å²) in [5.41, 5.74) is 11.2.